The van der Waals surface area contributed by atoms with Crippen LogP contribution >= 0.6 is 0 Å². The summed E-state index contributed by atoms with van der Waals surface area (Å²) in [7, 11) is 3.37. The molecule has 4 aromatic rings. The molecule has 1 unspecified atom stereocenters. The van der Waals surface area contributed by atoms with Crippen LogP contribution in [0.2, 0.25) is 0 Å². The van der Waals surface area contributed by atoms with E-state index in [1.54, 1.807) is 20.5 Å². The second-order valence-corrected chi connectivity index (χ2v) is 10.1. The van der Waals surface area contributed by atoms with Crippen molar-refractivity contribution >= 4 is 0 Å². The number of rotatable bonds is 5. The molecule has 182 valence electrons. The fourth-order valence-corrected chi connectivity index (χ4v) is 4.83. The number of ether oxygens (including phenoxy) is 2. The number of nitrogens with one attached hydrogen (secondary N) is 1. The molecule has 8 heteroatoms. The molecular weight excluding hydrogens is 440 g/mol. The molecule has 0 bridgehead atoms. The fraction of sp³-hybridized carbons (Fsp3) is 0.407. The highest BCUT2D eigenvalue weighted by Gasteiger charge is 2.35. The summed E-state index contributed by atoms with van der Waals surface area (Å²) in [5.41, 5.74) is 4.98. The lowest BCUT2D eigenvalue weighted by Crippen LogP contribution is -2.44. The van der Waals surface area contributed by atoms with Gasteiger partial charge in [0.2, 0.25) is 5.88 Å². The zero-order valence-electron chi connectivity index (χ0n) is 21.3. The monoisotopic (exact) mass is 473 g/mol. The molecule has 1 N–H and O–H groups in total. The number of fused-ring (bicyclic) bond motifs is 1. The third-order valence-corrected chi connectivity index (χ3v) is 6.63. The van der Waals surface area contributed by atoms with Gasteiger partial charge in [-0.25, -0.2) is 9.97 Å². The number of hydrogen-bond acceptors (Lipinski definition) is 5. The summed E-state index contributed by atoms with van der Waals surface area (Å²) in [6.07, 6.45) is 5.85. The van der Waals surface area contributed by atoms with Gasteiger partial charge in [-0.15, -0.1) is 0 Å². The minimum absolute atomic E-state index is 0.0152. The standard InChI is InChI=1S/C27H32N6O2/c1-17-15-32(16-28-17)22-11-10-21(29-26(22)35-6)24-30-25-19(8-7-13-33(25)31-24)18-9-12-23(34-5)20(14-18)27(2,3)4/h9-12,14-16,19H,7-8,13H2,1-6H3/p+1. The molecule has 1 aromatic carbocycles. The molecule has 1 atom stereocenters. The van der Waals surface area contributed by atoms with Crippen molar-refractivity contribution in [2.24, 2.45) is 0 Å². The van der Waals surface area contributed by atoms with Crippen LogP contribution in [0.3, 0.4) is 0 Å². The summed E-state index contributed by atoms with van der Waals surface area (Å²) in [6, 6.07) is 10.5. The van der Waals surface area contributed by atoms with E-state index in [4.69, 9.17) is 19.4 Å². The van der Waals surface area contributed by atoms with E-state index in [2.05, 4.69) is 53.7 Å². The number of H-pyrrole nitrogens is 1. The average Bonchev–Trinajstić information content (AvgIpc) is 3.49. The lowest BCUT2D eigenvalue weighted by atomic mass is 9.82. The second-order valence-electron chi connectivity index (χ2n) is 10.1. The van der Waals surface area contributed by atoms with Crippen molar-refractivity contribution in [1.29, 1.82) is 0 Å². The first-order valence-electron chi connectivity index (χ1n) is 12.0. The molecule has 1 aliphatic rings. The molecule has 0 fully saturated rings. The van der Waals surface area contributed by atoms with Crippen molar-refractivity contribution in [1.82, 2.24) is 24.6 Å². The van der Waals surface area contributed by atoms with Crippen molar-refractivity contribution in [3.05, 3.63) is 65.5 Å². The summed E-state index contributed by atoms with van der Waals surface area (Å²) >= 11 is 0. The van der Waals surface area contributed by atoms with E-state index < -0.39 is 0 Å². The highest BCUT2D eigenvalue weighted by Crippen LogP contribution is 2.37. The Morgan fingerprint density at radius 3 is 2.60 bits per heavy atom. The topological polar surface area (TPSA) is 81.7 Å². The van der Waals surface area contributed by atoms with E-state index in [9.17, 15) is 0 Å². The lowest BCUT2D eigenvalue weighted by molar-refractivity contribution is -0.762. The van der Waals surface area contributed by atoms with E-state index in [1.165, 1.54) is 11.1 Å². The van der Waals surface area contributed by atoms with Crippen molar-refractivity contribution in [2.45, 2.75) is 58.4 Å². The van der Waals surface area contributed by atoms with Gasteiger partial charge in [0.1, 0.15) is 23.7 Å². The van der Waals surface area contributed by atoms with Crippen LogP contribution in [0.4, 0.5) is 0 Å². The van der Waals surface area contributed by atoms with Crippen molar-refractivity contribution in [2.75, 3.05) is 14.2 Å². The molecule has 0 radical (unpaired) electrons. The summed E-state index contributed by atoms with van der Waals surface area (Å²) < 4.78 is 15.3. The second kappa shape index (κ2) is 8.83. The summed E-state index contributed by atoms with van der Waals surface area (Å²) in [6.45, 7) is 9.52. The Morgan fingerprint density at radius 2 is 1.91 bits per heavy atom. The molecule has 5 rings (SSSR count). The highest BCUT2D eigenvalue weighted by atomic mass is 16.5. The minimum atomic E-state index is -0.0152. The van der Waals surface area contributed by atoms with Crippen LogP contribution in [0.25, 0.3) is 17.2 Å². The summed E-state index contributed by atoms with van der Waals surface area (Å²) in [4.78, 5) is 14.1. The van der Waals surface area contributed by atoms with Crippen LogP contribution in [0, 0.1) is 6.92 Å². The first-order chi connectivity index (χ1) is 16.8. The summed E-state index contributed by atoms with van der Waals surface area (Å²) in [5.74, 6) is 3.43. The van der Waals surface area contributed by atoms with Crippen molar-refractivity contribution < 1.29 is 14.2 Å². The predicted molar refractivity (Wildman–Crippen MR) is 133 cm³/mol. The van der Waals surface area contributed by atoms with Crippen molar-refractivity contribution in [3.8, 4) is 28.8 Å². The lowest BCUT2D eigenvalue weighted by Gasteiger charge is -2.25. The minimum Gasteiger partial charge on any atom is -0.496 e. The number of benzene rings is 1. The van der Waals surface area contributed by atoms with E-state index in [1.807, 2.05) is 29.8 Å². The molecule has 0 aliphatic carbocycles. The Kier molecular flexibility index (Phi) is 5.83. The SMILES string of the molecule is COc1ccc(C2CCC[n+]3[nH]c(-c4ccc(-n5cnc(C)c5)c(OC)n4)nc32)cc1C(C)(C)C. The molecule has 35 heavy (non-hydrogen) atoms. The number of pyridine rings is 1. The van der Waals surface area contributed by atoms with Crippen LogP contribution in [0.5, 0.6) is 11.6 Å². The van der Waals surface area contributed by atoms with Gasteiger partial charge in [0, 0.05) is 6.20 Å². The maximum Gasteiger partial charge on any atom is 0.327 e. The number of methoxy groups -OCH3 is 2. The number of imidazole rings is 1. The molecule has 4 heterocycles. The van der Waals surface area contributed by atoms with Gasteiger partial charge in [-0.2, -0.15) is 9.78 Å². The quantitative estimate of drug-likeness (QED) is 0.432. The normalized spacial score (nSPS) is 15.7. The van der Waals surface area contributed by atoms with Gasteiger partial charge in [-0.05, 0) is 59.5 Å². The van der Waals surface area contributed by atoms with Gasteiger partial charge < -0.3 is 14.0 Å². The molecule has 0 saturated carbocycles. The smallest absolute Gasteiger partial charge is 0.327 e. The van der Waals surface area contributed by atoms with Crippen LogP contribution in [0.15, 0.2) is 42.9 Å². The van der Waals surface area contributed by atoms with Crippen LogP contribution in [-0.4, -0.2) is 38.8 Å². The van der Waals surface area contributed by atoms with E-state index in [0.29, 0.717) is 5.88 Å². The van der Waals surface area contributed by atoms with Gasteiger partial charge in [-0.3, -0.25) is 0 Å². The predicted octanol–water partition coefficient (Wildman–Crippen LogP) is 4.49. The number of aryl methyl sites for hydroxylation is 2. The Labute approximate surface area is 206 Å². The van der Waals surface area contributed by atoms with Crippen LogP contribution in [0.1, 0.15) is 62.2 Å². The van der Waals surface area contributed by atoms with Gasteiger partial charge >= 0.3 is 11.6 Å². The maximum atomic E-state index is 5.66. The van der Waals surface area contributed by atoms with Gasteiger partial charge in [0.25, 0.3) is 0 Å². The van der Waals surface area contributed by atoms with E-state index in [0.717, 1.165) is 53.9 Å². The first-order valence-corrected chi connectivity index (χ1v) is 12.0. The molecule has 0 saturated heterocycles. The molecule has 1 aliphatic heterocycles. The highest BCUT2D eigenvalue weighted by molar-refractivity contribution is 5.55. The molecule has 0 amide bonds. The largest absolute Gasteiger partial charge is 0.496 e. The first kappa shape index (κ1) is 23.1. The molecule has 3 aromatic heterocycles. The Morgan fingerprint density at radius 1 is 1.09 bits per heavy atom. The third-order valence-electron chi connectivity index (χ3n) is 6.63. The van der Waals surface area contributed by atoms with Crippen LogP contribution in [-0.2, 0) is 12.0 Å². The Bertz CT molecular complexity index is 1360. The summed E-state index contributed by atoms with van der Waals surface area (Å²) in [5, 5.41) is 3.48. The fourth-order valence-electron chi connectivity index (χ4n) is 4.83. The van der Waals surface area contributed by atoms with E-state index in [-0.39, 0.29) is 11.3 Å². The van der Waals surface area contributed by atoms with Gasteiger partial charge in [0.05, 0.1) is 32.2 Å². The van der Waals surface area contributed by atoms with Crippen molar-refractivity contribution in [3.63, 3.8) is 0 Å². The molecular formula is C27H33N6O2+. The average molecular weight is 474 g/mol. The molecule has 8 nitrogen and oxygen atoms in total. The third kappa shape index (κ3) is 4.29. The zero-order chi connectivity index (χ0) is 24.7. The Hall–Kier alpha value is -3.68. The van der Waals surface area contributed by atoms with Gasteiger partial charge in [0.15, 0.2) is 0 Å². The maximum absolute atomic E-state index is 5.66. The number of nitrogens with zero attached hydrogens (tertiary/aromatic N) is 5. The van der Waals surface area contributed by atoms with Crippen LogP contribution < -0.4 is 14.2 Å². The zero-order valence-corrected chi connectivity index (χ0v) is 21.3. The Balaban J connectivity index is 1.52. The number of hydrogen-bond donors (Lipinski definition) is 1. The number of aromatic nitrogens is 6. The molecule has 0 spiro atoms. The van der Waals surface area contributed by atoms with Gasteiger partial charge in [-0.1, -0.05) is 32.9 Å². The van der Waals surface area contributed by atoms with E-state index >= 15 is 0 Å². The number of aromatic amines is 1.